The second-order valence-corrected chi connectivity index (χ2v) is 3.77. The maximum absolute atomic E-state index is 11.2. The average Bonchev–Trinajstić information content (AvgIpc) is 2.19. The number of aromatic amines is 2. The van der Waals surface area contributed by atoms with E-state index in [1.807, 2.05) is 26.8 Å². The highest BCUT2D eigenvalue weighted by atomic mass is 16.2. The van der Waals surface area contributed by atoms with E-state index in [0.29, 0.717) is 11.0 Å². The van der Waals surface area contributed by atoms with Crippen LogP contribution in [0.1, 0.15) is 16.7 Å². The van der Waals surface area contributed by atoms with Crippen LogP contribution < -0.4 is 11.1 Å². The van der Waals surface area contributed by atoms with Crippen LogP contribution in [0.3, 0.4) is 0 Å². The van der Waals surface area contributed by atoms with Gasteiger partial charge in [0, 0.05) is 0 Å². The van der Waals surface area contributed by atoms with Crippen molar-refractivity contribution in [2.24, 2.45) is 0 Å². The van der Waals surface area contributed by atoms with Crippen molar-refractivity contribution in [3.05, 3.63) is 43.5 Å². The minimum absolute atomic E-state index is 0.603. The maximum Gasteiger partial charge on any atom is 0.314 e. The van der Waals surface area contributed by atoms with Gasteiger partial charge in [-0.2, -0.15) is 0 Å². The van der Waals surface area contributed by atoms with Gasteiger partial charge in [0.05, 0.1) is 11.0 Å². The number of rotatable bonds is 0. The Hall–Kier alpha value is -1.84. The third-order valence-corrected chi connectivity index (χ3v) is 2.85. The molecule has 2 N–H and O–H groups in total. The van der Waals surface area contributed by atoms with Crippen molar-refractivity contribution in [2.45, 2.75) is 20.8 Å². The van der Waals surface area contributed by atoms with E-state index in [4.69, 9.17) is 0 Å². The maximum atomic E-state index is 11.2. The Bertz CT molecular complexity index is 650. The smallest absolute Gasteiger partial charge is 0.314 e. The molecule has 0 spiro atoms. The molecule has 1 heterocycles. The minimum atomic E-state index is -0.606. The van der Waals surface area contributed by atoms with Gasteiger partial charge in [0.15, 0.2) is 0 Å². The van der Waals surface area contributed by atoms with Crippen molar-refractivity contribution in [1.29, 1.82) is 0 Å². The van der Waals surface area contributed by atoms with Crippen molar-refractivity contribution in [1.82, 2.24) is 9.97 Å². The Morgan fingerprint density at radius 1 is 0.933 bits per heavy atom. The molecular weight excluding hydrogens is 192 g/mol. The first-order valence-electron chi connectivity index (χ1n) is 4.74. The third-order valence-electron chi connectivity index (χ3n) is 2.85. The first-order valence-corrected chi connectivity index (χ1v) is 4.74. The van der Waals surface area contributed by atoms with Crippen LogP contribution in [-0.4, -0.2) is 9.97 Å². The Morgan fingerprint density at radius 2 is 1.53 bits per heavy atom. The lowest BCUT2D eigenvalue weighted by molar-refractivity contribution is 1.12. The SMILES string of the molecule is Cc1cc2[nH]c(=O)c(=O)[nH]c2c(C)c1C. The number of hydrogen-bond acceptors (Lipinski definition) is 2. The van der Waals surface area contributed by atoms with Gasteiger partial charge in [-0.15, -0.1) is 0 Å². The van der Waals surface area contributed by atoms with E-state index in [1.165, 1.54) is 0 Å². The van der Waals surface area contributed by atoms with Gasteiger partial charge in [0.2, 0.25) is 0 Å². The molecule has 0 saturated carbocycles. The highest BCUT2D eigenvalue weighted by Gasteiger charge is 2.06. The largest absolute Gasteiger partial charge is 0.316 e. The topological polar surface area (TPSA) is 65.7 Å². The summed E-state index contributed by atoms with van der Waals surface area (Å²) in [6.45, 7) is 5.90. The molecule has 0 fully saturated rings. The molecule has 4 nitrogen and oxygen atoms in total. The minimum Gasteiger partial charge on any atom is -0.316 e. The number of fused-ring (bicyclic) bond motifs is 1. The van der Waals surface area contributed by atoms with Crippen molar-refractivity contribution in [2.75, 3.05) is 0 Å². The molecule has 4 heteroatoms. The first-order chi connectivity index (χ1) is 7.00. The summed E-state index contributed by atoms with van der Waals surface area (Å²) in [5.41, 5.74) is 3.41. The molecule has 78 valence electrons. The van der Waals surface area contributed by atoms with E-state index in [1.54, 1.807) is 0 Å². The van der Waals surface area contributed by atoms with E-state index >= 15 is 0 Å². The fourth-order valence-corrected chi connectivity index (χ4v) is 1.69. The van der Waals surface area contributed by atoms with Crippen LogP contribution >= 0.6 is 0 Å². The zero-order valence-corrected chi connectivity index (χ0v) is 8.89. The number of hydrogen-bond donors (Lipinski definition) is 2. The van der Waals surface area contributed by atoms with Crippen LogP contribution in [0.25, 0.3) is 11.0 Å². The third kappa shape index (κ3) is 1.38. The molecule has 0 bridgehead atoms. The van der Waals surface area contributed by atoms with Crippen LogP contribution in [-0.2, 0) is 0 Å². The first kappa shape index (κ1) is 9.71. The van der Waals surface area contributed by atoms with Crippen LogP contribution in [0.5, 0.6) is 0 Å². The number of benzene rings is 1. The van der Waals surface area contributed by atoms with Crippen LogP contribution in [0.2, 0.25) is 0 Å². The van der Waals surface area contributed by atoms with E-state index in [2.05, 4.69) is 9.97 Å². The molecular formula is C11H12N2O2. The van der Waals surface area contributed by atoms with Crippen molar-refractivity contribution < 1.29 is 0 Å². The number of aryl methyl sites for hydroxylation is 2. The van der Waals surface area contributed by atoms with Crippen molar-refractivity contribution >= 4 is 11.0 Å². The zero-order chi connectivity index (χ0) is 11.2. The molecule has 0 saturated heterocycles. The zero-order valence-electron chi connectivity index (χ0n) is 8.89. The van der Waals surface area contributed by atoms with Gasteiger partial charge in [-0.1, -0.05) is 0 Å². The van der Waals surface area contributed by atoms with Gasteiger partial charge in [-0.3, -0.25) is 9.59 Å². The lowest BCUT2D eigenvalue weighted by Gasteiger charge is -2.08. The molecule has 0 amide bonds. The molecule has 0 aliphatic rings. The number of nitrogens with one attached hydrogen (secondary N) is 2. The number of aromatic nitrogens is 2. The summed E-state index contributed by atoms with van der Waals surface area (Å²) in [5, 5.41) is 0. The van der Waals surface area contributed by atoms with Crippen LogP contribution in [0, 0.1) is 20.8 Å². The van der Waals surface area contributed by atoms with Crippen LogP contribution in [0.15, 0.2) is 15.7 Å². The summed E-state index contributed by atoms with van der Waals surface area (Å²) in [5.74, 6) is 0. The molecule has 15 heavy (non-hydrogen) atoms. The average molecular weight is 204 g/mol. The van der Waals surface area contributed by atoms with Gasteiger partial charge in [-0.25, -0.2) is 0 Å². The summed E-state index contributed by atoms with van der Waals surface area (Å²) < 4.78 is 0. The highest BCUT2D eigenvalue weighted by molar-refractivity contribution is 5.79. The Balaban J connectivity index is 3.06. The predicted octanol–water partition coefficient (Wildman–Crippen LogP) is 1.14. The molecule has 0 atom stereocenters. The fourth-order valence-electron chi connectivity index (χ4n) is 1.69. The van der Waals surface area contributed by atoms with E-state index in [9.17, 15) is 9.59 Å². The van der Waals surface area contributed by atoms with E-state index in [0.717, 1.165) is 16.7 Å². The van der Waals surface area contributed by atoms with Gasteiger partial charge in [0.1, 0.15) is 0 Å². The van der Waals surface area contributed by atoms with Gasteiger partial charge < -0.3 is 9.97 Å². The summed E-state index contributed by atoms with van der Waals surface area (Å²) in [7, 11) is 0. The fraction of sp³-hybridized carbons (Fsp3) is 0.273. The molecule has 1 aromatic carbocycles. The Kier molecular flexibility index (Phi) is 2.00. The lowest BCUT2D eigenvalue weighted by Crippen LogP contribution is -2.29. The van der Waals surface area contributed by atoms with Crippen LogP contribution in [0.4, 0.5) is 0 Å². The van der Waals surface area contributed by atoms with Crippen molar-refractivity contribution in [3.63, 3.8) is 0 Å². The molecule has 0 aliphatic heterocycles. The number of H-pyrrole nitrogens is 2. The standard InChI is InChI=1S/C11H12N2O2/c1-5-4-8-9(7(3)6(5)2)13-11(15)10(14)12-8/h4H,1-3H3,(H,12,14)(H,13,15). The molecule has 2 aromatic rings. The summed E-state index contributed by atoms with van der Waals surface area (Å²) in [6, 6.07) is 1.87. The Labute approximate surface area is 86.0 Å². The van der Waals surface area contributed by atoms with Gasteiger partial charge >= 0.3 is 11.1 Å². The molecule has 1 aromatic heterocycles. The second kappa shape index (κ2) is 3.08. The highest BCUT2D eigenvalue weighted by Crippen LogP contribution is 2.19. The van der Waals surface area contributed by atoms with Gasteiger partial charge in [0.25, 0.3) is 0 Å². The summed E-state index contributed by atoms with van der Waals surface area (Å²) in [4.78, 5) is 27.5. The van der Waals surface area contributed by atoms with Gasteiger partial charge in [-0.05, 0) is 43.5 Å². The quantitative estimate of drug-likeness (QED) is 0.632. The summed E-state index contributed by atoms with van der Waals surface area (Å²) in [6.07, 6.45) is 0. The molecule has 2 rings (SSSR count). The molecule has 0 aliphatic carbocycles. The summed E-state index contributed by atoms with van der Waals surface area (Å²) >= 11 is 0. The molecule has 0 unspecified atom stereocenters. The predicted molar refractivity (Wildman–Crippen MR) is 59.4 cm³/mol. The second-order valence-electron chi connectivity index (χ2n) is 3.77. The monoisotopic (exact) mass is 204 g/mol. The van der Waals surface area contributed by atoms with Crippen molar-refractivity contribution in [3.8, 4) is 0 Å². The Morgan fingerprint density at radius 3 is 2.20 bits per heavy atom. The normalized spacial score (nSPS) is 10.9. The molecule has 0 radical (unpaired) electrons. The van der Waals surface area contributed by atoms with E-state index < -0.39 is 11.1 Å². The van der Waals surface area contributed by atoms with E-state index in [-0.39, 0.29) is 0 Å². The lowest BCUT2D eigenvalue weighted by atomic mass is 10.0.